The molecule has 0 saturated heterocycles. The van der Waals surface area contributed by atoms with Crippen LogP contribution in [0.3, 0.4) is 0 Å². The highest BCUT2D eigenvalue weighted by Crippen LogP contribution is 2.10. The molecule has 3 heteroatoms. The first kappa shape index (κ1) is 13.0. The zero-order chi connectivity index (χ0) is 13.7. The Bertz CT molecular complexity index is 609. The topological polar surface area (TPSA) is 40.9 Å². The summed E-state index contributed by atoms with van der Waals surface area (Å²) in [7, 11) is 0. The van der Waals surface area contributed by atoms with Crippen molar-refractivity contribution in [1.29, 1.82) is 5.26 Å². The predicted molar refractivity (Wildman–Crippen MR) is 70.2 cm³/mol. The molecule has 0 N–H and O–H groups in total. The second-order valence-electron chi connectivity index (χ2n) is 4.24. The van der Waals surface area contributed by atoms with Gasteiger partial charge in [-0.15, -0.1) is 0 Å². The molecule has 2 aromatic carbocycles. The van der Waals surface area contributed by atoms with Crippen LogP contribution in [0.1, 0.15) is 27.9 Å². The fourth-order valence-electron chi connectivity index (χ4n) is 1.78. The molecule has 0 heterocycles. The molecule has 0 spiro atoms. The molecule has 0 aliphatic carbocycles. The van der Waals surface area contributed by atoms with Gasteiger partial charge in [-0.3, -0.25) is 4.79 Å². The lowest BCUT2D eigenvalue weighted by atomic mass is 10.0. The Morgan fingerprint density at radius 3 is 2.26 bits per heavy atom. The van der Waals surface area contributed by atoms with Gasteiger partial charge in [-0.25, -0.2) is 4.39 Å². The third kappa shape index (κ3) is 3.49. The smallest absolute Gasteiger partial charge is 0.163 e. The van der Waals surface area contributed by atoms with E-state index in [1.165, 1.54) is 12.1 Å². The Labute approximate surface area is 111 Å². The average molecular weight is 253 g/mol. The van der Waals surface area contributed by atoms with Gasteiger partial charge in [0.1, 0.15) is 5.82 Å². The van der Waals surface area contributed by atoms with Gasteiger partial charge in [0.05, 0.1) is 11.6 Å². The summed E-state index contributed by atoms with van der Waals surface area (Å²) in [5, 5.41) is 8.68. The molecule has 2 rings (SSSR count). The zero-order valence-corrected chi connectivity index (χ0v) is 10.3. The lowest BCUT2D eigenvalue weighted by Crippen LogP contribution is -2.01. The summed E-state index contributed by atoms with van der Waals surface area (Å²) in [5.41, 5.74) is 2.07. The number of carbonyl (C=O) groups is 1. The maximum Gasteiger partial charge on any atom is 0.163 e. The molecule has 0 amide bonds. The molecule has 0 fully saturated rings. The van der Waals surface area contributed by atoms with Gasteiger partial charge in [0.25, 0.3) is 0 Å². The van der Waals surface area contributed by atoms with Gasteiger partial charge in [0, 0.05) is 12.0 Å². The van der Waals surface area contributed by atoms with E-state index in [2.05, 4.69) is 0 Å². The molecule has 94 valence electrons. The second-order valence-corrected chi connectivity index (χ2v) is 4.24. The number of ketones is 1. The van der Waals surface area contributed by atoms with Gasteiger partial charge in [-0.2, -0.15) is 5.26 Å². The maximum atomic E-state index is 12.7. The van der Waals surface area contributed by atoms with Crippen molar-refractivity contribution in [3.05, 3.63) is 71.0 Å². The van der Waals surface area contributed by atoms with E-state index < -0.39 is 0 Å². The van der Waals surface area contributed by atoms with Crippen molar-refractivity contribution in [2.45, 2.75) is 12.8 Å². The predicted octanol–water partition coefficient (Wildman–Crippen LogP) is 3.51. The molecule has 0 aromatic heterocycles. The van der Waals surface area contributed by atoms with E-state index >= 15 is 0 Å². The van der Waals surface area contributed by atoms with E-state index in [-0.39, 0.29) is 11.6 Å². The summed E-state index contributed by atoms with van der Waals surface area (Å²) >= 11 is 0. The summed E-state index contributed by atoms with van der Waals surface area (Å²) < 4.78 is 12.7. The maximum absolute atomic E-state index is 12.7. The molecular formula is C16H12FNO. The molecule has 19 heavy (non-hydrogen) atoms. The monoisotopic (exact) mass is 253 g/mol. The van der Waals surface area contributed by atoms with Crippen LogP contribution in [0.15, 0.2) is 48.5 Å². The summed E-state index contributed by atoms with van der Waals surface area (Å²) in [6.07, 6.45) is 0.955. The van der Waals surface area contributed by atoms with Crippen LogP contribution in [0, 0.1) is 17.1 Å². The van der Waals surface area contributed by atoms with Crippen molar-refractivity contribution in [1.82, 2.24) is 0 Å². The van der Waals surface area contributed by atoms with Gasteiger partial charge in [0.15, 0.2) is 5.78 Å². The van der Waals surface area contributed by atoms with Crippen LogP contribution in [-0.4, -0.2) is 5.78 Å². The van der Waals surface area contributed by atoms with E-state index in [0.29, 0.717) is 24.0 Å². The molecular weight excluding hydrogens is 241 g/mol. The Kier molecular flexibility index (Phi) is 4.04. The first-order valence-corrected chi connectivity index (χ1v) is 5.97. The largest absolute Gasteiger partial charge is 0.294 e. The third-order valence-corrected chi connectivity index (χ3v) is 2.89. The molecule has 0 aliphatic heterocycles. The Balaban J connectivity index is 1.97. The fourth-order valence-corrected chi connectivity index (χ4v) is 1.78. The van der Waals surface area contributed by atoms with Crippen LogP contribution in [0.2, 0.25) is 0 Å². The molecule has 2 aromatic rings. The van der Waals surface area contributed by atoms with Crippen molar-refractivity contribution in [2.75, 3.05) is 0 Å². The van der Waals surface area contributed by atoms with Crippen LogP contribution >= 0.6 is 0 Å². The minimum Gasteiger partial charge on any atom is -0.294 e. The number of Topliss-reactive ketones (excluding diaryl/α,β-unsaturated/α-hetero) is 1. The standard InChI is InChI=1S/C16H12FNO/c17-15-8-3-12(4-9-15)5-10-16(19)14-6-1-13(11-18)2-7-14/h1-4,6-9H,5,10H2. The van der Waals surface area contributed by atoms with Gasteiger partial charge >= 0.3 is 0 Å². The highest BCUT2D eigenvalue weighted by Gasteiger charge is 2.06. The van der Waals surface area contributed by atoms with Crippen LogP contribution < -0.4 is 0 Å². The third-order valence-electron chi connectivity index (χ3n) is 2.89. The summed E-state index contributed by atoms with van der Waals surface area (Å²) in [5.74, 6) is -0.254. The van der Waals surface area contributed by atoms with Crippen LogP contribution in [0.4, 0.5) is 4.39 Å². The average Bonchev–Trinajstić information content (AvgIpc) is 2.46. The van der Waals surface area contributed by atoms with Crippen LogP contribution in [0.25, 0.3) is 0 Å². The van der Waals surface area contributed by atoms with Gasteiger partial charge < -0.3 is 0 Å². The quantitative estimate of drug-likeness (QED) is 0.782. The SMILES string of the molecule is N#Cc1ccc(C(=O)CCc2ccc(F)cc2)cc1. The number of halogens is 1. The first-order valence-electron chi connectivity index (χ1n) is 5.97. The van der Waals surface area contributed by atoms with E-state index in [1.54, 1.807) is 36.4 Å². The molecule has 2 nitrogen and oxygen atoms in total. The molecule has 0 aliphatic rings. The normalized spacial score (nSPS) is 9.89. The number of nitriles is 1. The number of benzene rings is 2. The van der Waals surface area contributed by atoms with Crippen molar-refractivity contribution in [2.24, 2.45) is 0 Å². The van der Waals surface area contributed by atoms with E-state index in [1.807, 2.05) is 6.07 Å². The first-order chi connectivity index (χ1) is 9.19. The minimum absolute atomic E-state index is 0.0221. The number of nitrogens with zero attached hydrogens (tertiary/aromatic N) is 1. The van der Waals surface area contributed by atoms with E-state index in [9.17, 15) is 9.18 Å². The van der Waals surface area contributed by atoms with Crippen molar-refractivity contribution < 1.29 is 9.18 Å². The zero-order valence-electron chi connectivity index (χ0n) is 10.3. The highest BCUT2D eigenvalue weighted by molar-refractivity contribution is 5.96. The van der Waals surface area contributed by atoms with Crippen LogP contribution in [-0.2, 0) is 6.42 Å². The molecule has 0 saturated carbocycles. The molecule has 0 radical (unpaired) electrons. The Morgan fingerprint density at radius 2 is 1.68 bits per heavy atom. The lowest BCUT2D eigenvalue weighted by molar-refractivity contribution is 0.0983. The number of hydrogen-bond acceptors (Lipinski definition) is 2. The highest BCUT2D eigenvalue weighted by atomic mass is 19.1. The second kappa shape index (κ2) is 5.92. The van der Waals surface area contributed by atoms with Crippen molar-refractivity contribution in [3.63, 3.8) is 0 Å². The number of aryl methyl sites for hydroxylation is 1. The summed E-state index contributed by atoms with van der Waals surface area (Å²) in [4.78, 5) is 11.9. The Morgan fingerprint density at radius 1 is 1.05 bits per heavy atom. The molecule has 0 atom stereocenters. The van der Waals surface area contributed by atoms with Gasteiger partial charge in [0.2, 0.25) is 0 Å². The lowest BCUT2D eigenvalue weighted by Gasteiger charge is -2.02. The number of rotatable bonds is 4. The minimum atomic E-state index is -0.276. The fraction of sp³-hybridized carbons (Fsp3) is 0.125. The van der Waals surface area contributed by atoms with Gasteiger partial charge in [-0.05, 0) is 36.2 Å². The van der Waals surface area contributed by atoms with E-state index in [4.69, 9.17) is 5.26 Å². The summed E-state index contributed by atoms with van der Waals surface area (Å²) in [6.45, 7) is 0. The van der Waals surface area contributed by atoms with Crippen LogP contribution in [0.5, 0.6) is 0 Å². The Hall–Kier alpha value is -2.47. The number of hydrogen-bond donors (Lipinski definition) is 0. The van der Waals surface area contributed by atoms with Crippen molar-refractivity contribution in [3.8, 4) is 6.07 Å². The van der Waals surface area contributed by atoms with Crippen molar-refractivity contribution >= 4 is 5.78 Å². The summed E-state index contributed by atoms with van der Waals surface area (Å²) in [6, 6.07) is 14.7. The molecule has 0 unspecified atom stereocenters. The molecule has 0 bridgehead atoms. The number of carbonyl (C=O) groups excluding carboxylic acids is 1. The van der Waals surface area contributed by atoms with E-state index in [0.717, 1.165) is 5.56 Å². The van der Waals surface area contributed by atoms with Gasteiger partial charge in [-0.1, -0.05) is 24.3 Å².